The first-order chi connectivity index (χ1) is 12.0. The lowest BCUT2D eigenvalue weighted by Gasteiger charge is -2.11. The smallest absolute Gasteiger partial charge is 0.338 e. The number of carbonyl (C=O) groups excluding carboxylic acids is 1. The van der Waals surface area contributed by atoms with Crippen molar-refractivity contribution in [1.29, 1.82) is 0 Å². The quantitative estimate of drug-likeness (QED) is 0.217. The van der Waals surface area contributed by atoms with E-state index in [9.17, 15) is 14.9 Å². The molecule has 0 aromatic heterocycles. The Labute approximate surface area is 158 Å². The standard InChI is InChI=1S/C19H20N2O4.ClH/c1-20(2)12-13-25-19(22)18(14-15-6-4-3-5-7-15)16-8-10-17(11-9-16)21(23)24;/h3-11,14H,12-13H2,1-2H3;1H/b18-14-;. The average Bonchev–Trinajstić information content (AvgIpc) is 2.60. The van der Waals surface area contributed by atoms with Crippen LogP contribution >= 0.6 is 0 Å². The topological polar surface area (TPSA) is 73.9 Å². The van der Waals surface area contributed by atoms with E-state index in [1.54, 1.807) is 18.2 Å². The zero-order chi connectivity index (χ0) is 18.2. The normalized spacial score (nSPS) is 11.0. The van der Waals surface area contributed by atoms with Gasteiger partial charge in [-0.3, -0.25) is 10.1 Å². The summed E-state index contributed by atoms with van der Waals surface area (Å²) in [7, 11) is 3.95. The van der Waals surface area contributed by atoms with Crippen LogP contribution in [0.4, 0.5) is 5.69 Å². The van der Waals surface area contributed by atoms with Gasteiger partial charge in [0.15, 0.2) is 0 Å². The fourth-order valence-corrected chi connectivity index (χ4v) is 2.16. The van der Waals surface area contributed by atoms with Crippen LogP contribution in [0.2, 0.25) is 0 Å². The summed E-state index contributed by atoms with van der Waals surface area (Å²) in [6, 6.07) is 15.3. The molecule has 0 amide bonds. The van der Waals surface area contributed by atoms with Crippen LogP contribution < -0.4 is 17.3 Å². The third kappa shape index (κ3) is 6.31. The molecule has 0 spiro atoms. The first-order valence-electron chi connectivity index (χ1n) is 7.95. The summed E-state index contributed by atoms with van der Waals surface area (Å²) in [5.74, 6) is -0.445. The van der Waals surface area contributed by atoms with Gasteiger partial charge in [0.25, 0.3) is 5.69 Å². The van der Waals surface area contributed by atoms with E-state index in [4.69, 9.17) is 4.74 Å². The molecular weight excluding hydrogens is 356 g/mol. The molecule has 2 aromatic rings. The zero-order valence-electron chi connectivity index (χ0n) is 14.6. The van der Waals surface area contributed by atoms with Gasteiger partial charge in [0.05, 0.1) is 24.6 Å². The Bertz CT molecular complexity index is 759. The third-order valence-electron chi connectivity index (χ3n) is 3.55. The van der Waals surface area contributed by atoms with Crippen molar-refractivity contribution < 1.29 is 31.8 Å². The molecule has 2 aromatic carbocycles. The van der Waals surface area contributed by atoms with Gasteiger partial charge in [0.2, 0.25) is 0 Å². The highest BCUT2D eigenvalue weighted by Crippen LogP contribution is 2.22. The Hall–Kier alpha value is -2.70. The van der Waals surface area contributed by atoms with Crippen LogP contribution in [0.15, 0.2) is 54.6 Å². The number of esters is 1. The van der Waals surface area contributed by atoms with Gasteiger partial charge in [-0.2, -0.15) is 0 Å². The summed E-state index contributed by atoms with van der Waals surface area (Å²) in [4.78, 5) is 24.0. The van der Waals surface area contributed by atoms with Crippen molar-refractivity contribution in [2.45, 2.75) is 0 Å². The number of nitrogens with one attached hydrogen (secondary N) is 1. The molecule has 0 atom stereocenters. The van der Waals surface area contributed by atoms with Crippen LogP contribution in [0.25, 0.3) is 11.6 Å². The summed E-state index contributed by atoms with van der Waals surface area (Å²) >= 11 is 0. The molecule has 0 fully saturated rings. The van der Waals surface area contributed by atoms with Crippen LogP contribution in [-0.2, 0) is 9.53 Å². The van der Waals surface area contributed by atoms with Gasteiger partial charge in [-0.1, -0.05) is 30.3 Å². The molecule has 138 valence electrons. The lowest BCUT2D eigenvalue weighted by Crippen LogP contribution is -3.06. The van der Waals surface area contributed by atoms with E-state index in [1.807, 2.05) is 44.4 Å². The maximum atomic E-state index is 12.5. The minimum Gasteiger partial charge on any atom is -1.00 e. The molecule has 2 rings (SSSR count). The Kier molecular flexibility index (Phi) is 8.48. The Morgan fingerprint density at radius 3 is 2.27 bits per heavy atom. The predicted octanol–water partition coefficient (Wildman–Crippen LogP) is -1.17. The number of nitro benzene ring substituents is 1. The lowest BCUT2D eigenvalue weighted by atomic mass is 10.0. The number of nitro groups is 1. The van der Waals surface area contributed by atoms with E-state index in [-0.39, 0.29) is 18.1 Å². The van der Waals surface area contributed by atoms with Gasteiger partial charge in [-0.05, 0) is 29.3 Å². The molecule has 26 heavy (non-hydrogen) atoms. The Morgan fingerprint density at radius 2 is 1.73 bits per heavy atom. The highest BCUT2D eigenvalue weighted by molar-refractivity contribution is 6.21. The van der Waals surface area contributed by atoms with Crippen molar-refractivity contribution in [3.63, 3.8) is 0 Å². The number of carbonyl (C=O) groups is 1. The maximum Gasteiger partial charge on any atom is 0.338 e. The molecule has 0 radical (unpaired) electrons. The van der Waals surface area contributed by atoms with E-state index in [0.29, 0.717) is 24.3 Å². The van der Waals surface area contributed by atoms with Crippen molar-refractivity contribution >= 4 is 23.3 Å². The maximum absolute atomic E-state index is 12.5. The van der Waals surface area contributed by atoms with Crippen LogP contribution in [0, 0.1) is 10.1 Å². The zero-order valence-corrected chi connectivity index (χ0v) is 15.4. The number of halogens is 1. The number of hydrogen-bond donors (Lipinski definition) is 1. The van der Waals surface area contributed by atoms with Gasteiger partial charge in [0, 0.05) is 12.1 Å². The van der Waals surface area contributed by atoms with E-state index >= 15 is 0 Å². The van der Waals surface area contributed by atoms with E-state index < -0.39 is 10.9 Å². The summed E-state index contributed by atoms with van der Waals surface area (Å²) in [6.45, 7) is 1.00. The number of nitrogens with zero attached hydrogens (tertiary/aromatic N) is 1. The molecule has 0 saturated heterocycles. The van der Waals surface area contributed by atoms with E-state index in [2.05, 4.69) is 0 Å². The third-order valence-corrected chi connectivity index (χ3v) is 3.55. The van der Waals surface area contributed by atoms with Crippen molar-refractivity contribution in [3.05, 3.63) is 75.8 Å². The van der Waals surface area contributed by atoms with E-state index in [0.717, 1.165) is 5.56 Å². The van der Waals surface area contributed by atoms with Crippen molar-refractivity contribution in [3.8, 4) is 0 Å². The van der Waals surface area contributed by atoms with Gasteiger partial charge >= 0.3 is 5.97 Å². The highest BCUT2D eigenvalue weighted by Gasteiger charge is 2.16. The number of non-ortho nitro benzene ring substituents is 1. The first kappa shape index (κ1) is 21.3. The van der Waals surface area contributed by atoms with Crippen LogP contribution in [0.5, 0.6) is 0 Å². The number of ether oxygens (including phenoxy) is 1. The summed E-state index contributed by atoms with van der Waals surface area (Å²) in [5, 5.41) is 10.8. The monoisotopic (exact) mass is 376 g/mol. The number of quaternary nitrogens is 1. The minimum atomic E-state index is -0.470. The number of hydrogen-bond acceptors (Lipinski definition) is 4. The summed E-state index contributed by atoms with van der Waals surface area (Å²) in [5.41, 5.74) is 1.78. The molecule has 0 aliphatic carbocycles. The first-order valence-corrected chi connectivity index (χ1v) is 7.95. The Morgan fingerprint density at radius 1 is 1.12 bits per heavy atom. The number of benzene rings is 2. The van der Waals surface area contributed by atoms with E-state index in [1.165, 1.54) is 17.0 Å². The van der Waals surface area contributed by atoms with Crippen molar-refractivity contribution in [1.82, 2.24) is 0 Å². The summed E-state index contributed by atoms with van der Waals surface area (Å²) in [6.07, 6.45) is 1.73. The second-order valence-electron chi connectivity index (χ2n) is 5.87. The molecule has 7 heteroatoms. The van der Waals surface area contributed by atoms with Crippen LogP contribution in [0.1, 0.15) is 11.1 Å². The van der Waals surface area contributed by atoms with Gasteiger partial charge in [-0.15, -0.1) is 0 Å². The van der Waals surface area contributed by atoms with Gasteiger partial charge in [0.1, 0.15) is 13.2 Å². The molecule has 0 aliphatic rings. The fourth-order valence-electron chi connectivity index (χ4n) is 2.16. The molecular formula is C19H21ClN2O4. The molecule has 0 aliphatic heterocycles. The SMILES string of the molecule is C[NH+](C)CCOC(=O)/C(=C\c1ccccc1)c1ccc([N+](=O)[O-])cc1.[Cl-]. The Balaban J connectivity index is 0.00000338. The molecule has 0 bridgehead atoms. The molecule has 0 heterocycles. The lowest BCUT2D eigenvalue weighted by molar-refractivity contribution is -0.858. The van der Waals surface area contributed by atoms with Gasteiger partial charge in [-0.25, -0.2) is 4.79 Å². The molecule has 6 nitrogen and oxygen atoms in total. The second kappa shape index (κ2) is 10.3. The average molecular weight is 377 g/mol. The number of rotatable bonds is 7. The number of likely N-dealkylation sites (N-methyl/N-ethyl adjacent to an activating group) is 1. The molecule has 0 saturated carbocycles. The molecule has 1 N–H and O–H groups in total. The fraction of sp³-hybridized carbons (Fsp3) is 0.211. The van der Waals surface area contributed by atoms with Crippen molar-refractivity contribution in [2.24, 2.45) is 0 Å². The van der Waals surface area contributed by atoms with Gasteiger partial charge < -0.3 is 22.0 Å². The van der Waals surface area contributed by atoms with Crippen LogP contribution in [0.3, 0.4) is 0 Å². The predicted molar refractivity (Wildman–Crippen MR) is 96.0 cm³/mol. The second-order valence-corrected chi connectivity index (χ2v) is 5.87. The van der Waals surface area contributed by atoms with Crippen molar-refractivity contribution in [2.75, 3.05) is 27.2 Å². The highest BCUT2D eigenvalue weighted by atomic mass is 35.5. The minimum absolute atomic E-state index is 0. The summed E-state index contributed by atoms with van der Waals surface area (Å²) < 4.78 is 5.36. The van der Waals surface area contributed by atoms with Crippen LogP contribution in [-0.4, -0.2) is 38.1 Å². The largest absolute Gasteiger partial charge is 1.00 e. The molecule has 0 unspecified atom stereocenters.